The number of ether oxygens (including phenoxy) is 1. The number of halogens is 3. The van der Waals surface area contributed by atoms with Crippen molar-refractivity contribution in [2.75, 3.05) is 10.6 Å². The van der Waals surface area contributed by atoms with Crippen LogP contribution in [0.2, 0.25) is 15.1 Å². The minimum absolute atomic E-state index is 0.205. The van der Waals surface area contributed by atoms with Gasteiger partial charge in [0.1, 0.15) is 6.61 Å². The van der Waals surface area contributed by atoms with Gasteiger partial charge in [-0.2, -0.15) is 0 Å². The Morgan fingerprint density at radius 1 is 0.926 bits per heavy atom. The zero-order chi connectivity index (χ0) is 19.2. The van der Waals surface area contributed by atoms with Gasteiger partial charge in [-0.15, -0.1) is 0 Å². The van der Waals surface area contributed by atoms with Crippen LogP contribution in [0, 0.1) is 0 Å². The van der Waals surface area contributed by atoms with Crippen molar-refractivity contribution >= 4 is 63.6 Å². The van der Waals surface area contributed by atoms with E-state index in [2.05, 4.69) is 15.6 Å². The minimum atomic E-state index is 0.205. The lowest BCUT2D eigenvalue weighted by Crippen LogP contribution is -2.20. The van der Waals surface area contributed by atoms with Crippen molar-refractivity contribution in [1.29, 1.82) is 0 Å². The number of anilines is 2. The number of hydrogen-bond donors (Lipinski definition) is 2. The van der Waals surface area contributed by atoms with Crippen LogP contribution < -0.4 is 15.4 Å². The summed E-state index contributed by atoms with van der Waals surface area (Å²) in [5.74, 6) is 1.00. The molecule has 0 aliphatic rings. The molecule has 0 bridgehead atoms. The van der Waals surface area contributed by atoms with Crippen LogP contribution in [0.3, 0.4) is 0 Å². The van der Waals surface area contributed by atoms with Crippen molar-refractivity contribution in [3.8, 4) is 5.75 Å². The van der Waals surface area contributed by atoms with E-state index in [9.17, 15) is 0 Å². The van der Waals surface area contributed by atoms with Gasteiger partial charge >= 0.3 is 0 Å². The molecule has 0 radical (unpaired) electrons. The first-order valence-corrected chi connectivity index (χ1v) is 9.41. The molecule has 0 aliphatic carbocycles. The van der Waals surface area contributed by atoms with Crippen LogP contribution in [-0.4, -0.2) is 10.1 Å². The predicted octanol–water partition coefficient (Wildman–Crippen LogP) is 6.43. The Labute approximate surface area is 177 Å². The van der Waals surface area contributed by atoms with E-state index < -0.39 is 0 Å². The maximum Gasteiger partial charge on any atom is 0.176 e. The molecule has 8 heteroatoms. The van der Waals surface area contributed by atoms with Gasteiger partial charge in [-0.25, -0.2) is 4.98 Å². The summed E-state index contributed by atoms with van der Waals surface area (Å²) >= 11 is 23.6. The van der Waals surface area contributed by atoms with Crippen molar-refractivity contribution in [1.82, 2.24) is 4.98 Å². The number of nitrogens with zero attached hydrogens (tertiary/aromatic N) is 1. The fourth-order valence-corrected chi connectivity index (χ4v) is 3.07. The predicted molar refractivity (Wildman–Crippen MR) is 116 cm³/mol. The fourth-order valence-electron chi connectivity index (χ4n) is 2.22. The van der Waals surface area contributed by atoms with Gasteiger partial charge in [0.25, 0.3) is 0 Å². The van der Waals surface area contributed by atoms with Gasteiger partial charge in [0.05, 0.1) is 0 Å². The number of thiocarbonyl (C=S) groups is 1. The van der Waals surface area contributed by atoms with E-state index in [1.165, 1.54) is 0 Å². The smallest absolute Gasteiger partial charge is 0.176 e. The number of rotatable bonds is 5. The molecule has 2 N–H and O–H groups in total. The Hall–Kier alpha value is -2.05. The molecule has 1 heterocycles. The van der Waals surface area contributed by atoms with E-state index in [1.807, 2.05) is 12.1 Å². The summed E-state index contributed by atoms with van der Waals surface area (Å²) in [5, 5.41) is 8.19. The molecule has 3 rings (SSSR count). The highest BCUT2D eigenvalue weighted by molar-refractivity contribution is 7.80. The maximum absolute atomic E-state index is 6.19. The van der Waals surface area contributed by atoms with Gasteiger partial charge in [-0.3, -0.25) is 0 Å². The van der Waals surface area contributed by atoms with Gasteiger partial charge in [-0.1, -0.05) is 40.9 Å². The normalized spacial score (nSPS) is 10.3. The average Bonchev–Trinajstić information content (AvgIpc) is 2.64. The lowest BCUT2D eigenvalue weighted by atomic mass is 10.2. The molecule has 0 saturated carbocycles. The van der Waals surface area contributed by atoms with Gasteiger partial charge in [0.2, 0.25) is 0 Å². The molecule has 4 nitrogen and oxygen atoms in total. The molecule has 0 spiro atoms. The third-order valence-electron chi connectivity index (χ3n) is 3.54. The largest absolute Gasteiger partial charge is 0.485 e. The molecule has 3 aromatic rings. The number of nitrogens with one attached hydrogen (secondary N) is 2. The number of pyridine rings is 1. The van der Waals surface area contributed by atoms with Crippen molar-refractivity contribution in [3.63, 3.8) is 0 Å². The SMILES string of the molecule is S=C(Nc1ccc(Cl)cc1)Nc1ncccc1OCc1c(Cl)cccc1Cl. The molecular weight excluding hydrogens is 425 g/mol. The van der Waals surface area contributed by atoms with Gasteiger partial charge in [0.15, 0.2) is 16.7 Å². The quantitative estimate of drug-likeness (QED) is 0.449. The topological polar surface area (TPSA) is 46.2 Å². The van der Waals surface area contributed by atoms with Gasteiger partial charge in [-0.05, 0) is 60.7 Å². The molecule has 1 aromatic heterocycles. The Morgan fingerprint density at radius 2 is 1.63 bits per heavy atom. The highest BCUT2D eigenvalue weighted by atomic mass is 35.5. The standard InChI is InChI=1S/C19H14Cl3N3OS/c20-12-6-8-13(9-7-12)24-19(27)25-18-17(5-2-10-23-18)26-11-14-15(21)3-1-4-16(14)22/h1-10H,11H2,(H2,23,24,25,27). The first-order valence-electron chi connectivity index (χ1n) is 7.87. The second-order valence-electron chi connectivity index (χ2n) is 5.43. The molecule has 2 aromatic carbocycles. The summed E-state index contributed by atoms with van der Waals surface area (Å²) in [6.07, 6.45) is 1.64. The molecular formula is C19H14Cl3N3OS. The highest BCUT2D eigenvalue weighted by Crippen LogP contribution is 2.28. The Bertz CT molecular complexity index is 931. The molecule has 0 atom stereocenters. The number of aromatic nitrogens is 1. The fraction of sp³-hybridized carbons (Fsp3) is 0.0526. The summed E-state index contributed by atoms with van der Waals surface area (Å²) in [6.45, 7) is 0.205. The second-order valence-corrected chi connectivity index (χ2v) is 7.08. The first-order chi connectivity index (χ1) is 13.0. The highest BCUT2D eigenvalue weighted by Gasteiger charge is 2.10. The van der Waals surface area contributed by atoms with Crippen LogP contribution in [0.25, 0.3) is 0 Å². The molecule has 0 aliphatic heterocycles. The van der Waals surface area contributed by atoms with Crippen LogP contribution >= 0.6 is 47.0 Å². The summed E-state index contributed by atoms with van der Waals surface area (Å²) < 4.78 is 5.85. The molecule has 0 unspecified atom stereocenters. The second kappa shape index (κ2) is 9.24. The van der Waals surface area contributed by atoms with Crippen LogP contribution in [0.4, 0.5) is 11.5 Å². The first kappa shape index (κ1) is 19.7. The Balaban J connectivity index is 1.68. The van der Waals surface area contributed by atoms with Crippen LogP contribution in [-0.2, 0) is 6.61 Å². The Kier molecular flexibility index (Phi) is 6.74. The zero-order valence-electron chi connectivity index (χ0n) is 13.9. The zero-order valence-corrected chi connectivity index (χ0v) is 17.0. The van der Waals surface area contributed by atoms with E-state index in [0.717, 1.165) is 5.69 Å². The van der Waals surface area contributed by atoms with Crippen molar-refractivity contribution < 1.29 is 4.74 Å². The minimum Gasteiger partial charge on any atom is -0.485 e. The van der Waals surface area contributed by atoms with E-state index in [-0.39, 0.29) is 6.61 Å². The van der Waals surface area contributed by atoms with Crippen LogP contribution in [0.5, 0.6) is 5.75 Å². The van der Waals surface area contributed by atoms with E-state index in [1.54, 1.807) is 48.7 Å². The molecule has 0 fully saturated rings. The van der Waals surface area contributed by atoms with Gasteiger partial charge in [0, 0.05) is 32.5 Å². The average molecular weight is 439 g/mol. The summed E-state index contributed by atoms with van der Waals surface area (Å²) in [6, 6.07) is 16.1. The van der Waals surface area contributed by atoms with Crippen LogP contribution in [0.1, 0.15) is 5.56 Å². The molecule has 0 saturated heterocycles. The van der Waals surface area contributed by atoms with Crippen molar-refractivity contribution in [2.45, 2.75) is 6.61 Å². The molecule has 27 heavy (non-hydrogen) atoms. The summed E-state index contributed by atoms with van der Waals surface area (Å²) in [7, 11) is 0. The van der Waals surface area contributed by atoms with Gasteiger partial charge < -0.3 is 15.4 Å². The Morgan fingerprint density at radius 3 is 2.33 bits per heavy atom. The molecule has 0 amide bonds. The van der Waals surface area contributed by atoms with Crippen molar-refractivity contribution in [3.05, 3.63) is 81.4 Å². The van der Waals surface area contributed by atoms with E-state index >= 15 is 0 Å². The van der Waals surface area contributed by atoms with Crippen molar-refractivity contribution in [2.24, 2.45) is 0 Å². The third-order valence-corrected chi connectivity index (χ3v) is 4.70. The lowest BCUT2D eigenvalue weighted by molar-refractivity contribution is 0.307. The van der Waals surface area contributed by atoms with E-state index in [4.69, 9.17) is 51.8 Å². The maximum atomic E-state index is 6.19. The van der Waals surface area contributed by atoms with E-state index in [0.29, 0.717) is 37.3 Å². The lowest BCUT2D eigenvalue weighted by Gasteiger charge is -2.14. The molecule has 138 valence electrons. The van der Waals surface area contributed by atoms with Crippen LogP contribution in [0.15, 0.2) is 60.8 Å². The third kappa shape index (κ3) is 5.47. The summed E-state index contributed by atoms with van der Waals surface area (Å²) in [4.78, 5) is 4.28. The monoisotopic (exact) mass is 437 g/mol. The summed E-state index contributed by atoms with van der Waals surface area (Å²) in [5.41, 5.74) is 1.51. The number of benzene rings is 2. The number of hydrogen-bond acceptors (Lipinski definition) is 3.